The van der Waals surface area contributed by atoms with Crippen molar-refractivity contribution in [1.29, 1.82) is 0 Å². The number of rotatable bonds is 2. The molecule has 0 radical (unpaired) electrons. The van der Waals surface area contributed by atoms with E-state index in [-0.39, 0.29) is 19.0 Å². The van der Waals surface area contributed by atoms with Gasteiger partial charge in [-0.1, -0.05) is 12.1 Å². The molecule has 0 aromatic heterocycles. The van der Waals surface area contributed by atoms with Crippen molar-refractivity contribution >= 4 is 11.9 Å². The first-order chi connectivity index (χ1) is 9.80. The molecule has 1 aliphatic heterocycles. The largest absolute Gasteiger partial charge is 0.417 e. The number of hydrazone groups is 1. The van der Waals surface area contributed by atoms with Crippen LogP contribution >= 0.6 is 0 Å². The number of hydrogen-bond acceptors (Lipinski definition) is 3. The van der Waals surface area contributed by atoms with Gasteiger partial charge in [0.2, 0.25) is 0 Å². The summed E-state index contributed by atoms with van der Waals surface area (Å²) < 4.78 is 38.6. The Morgan fingerprint density at radius 2 is 2.05 bits per heavy atom. The van der Waals surface area contributed by atoms with Gasteiger partial charge in [-0.15, -0.1) is 0 Å². The fourth-order valence-electron chi connectivity index (χ4n) is 1.91. The van der Waals surface area contributed by atoms with Gasteiger partial charge in [0.25, 0.3) is 11.9 Å². The molecule has 1 N–H and O–H groups in total. The lowest BCUT2D eigenvalue weighted by Gasteiger charge is -2.17. The van der Waals surface area contributed by atoms with Crippen molar-refractivity contribution in [2.75, 3.05) is 13.1 Å². The van der Waals surface area contributed by atoms with Gasteiger partial charge in [0, 0.05) is 13.1 Å². The zero-order valence-corrected chi connectivity index (χ0v) is 10.4. The fourth-order valence-corrected chi connectivity index (χ4v) is 1.91. The van der Waals surface area contributed by atoms with E-state index in [1.807, 2.05) is 0 Å². The van der Waals surface area contributed by atoms with Crippen LogP contribution in [0.1, 0.15) is 15.9 Å². The van der Waals surface area contributed by atoms with Gasteiger partial charge in [-0.25, -0.2) is 10.1 Å². The predicted octanol–water partition coefficient (Wildman–Crippen LogP) is 1.30. The summed E-state index contributed by atoms with van der Waals surface area (Å²) in [7, 11) is 0. The zero-order valence-electron chi connectivity index (χ0n) is 10.4. The first kappa shape index (κ1) is 14.8. The van der Waals surface area contributed by atoms with E-state index in [1.165, 1.54) is 6.07 Å². The molecular weight excluding hydrogens is 293 g/mol. The Morgan fingerprint density at radius 1 is 1.38 bits per heavy atom. The number of benzene rings is 1. The van der Waals surface area contributed by atoms with Crippen molar-refractivity contribution in [3.8, 4) is 0 Å². The average Bonchev–Trinajstić information content (AvgIpc) is 2.84. The van der Waals surface area contributed by atoms with Gasteiger partial charge in [-0.3, -0.25) is 9.69 Å². The van der Waals surface area contributed by atoms with Crippen LogP contribution in [0.15, 0.2) is 29.4 Å². The molecule has 1 aliphatic rings. The van der Waals surface area contributed by atoms with Crippen molar-refractivity contribution in [3.05, 3.63) is 45.5 Å². The van der Waals surface area contributed by atoms with Crippen LogP contribution in [-0.2, 0) is 6.18 Å². The second kappa shape index (κ2) is 5.38. The molecule has 21 heavy (non-hydrogen) atoms. The van der Waals surface area contributed by atoms with Gasteiger partial charge in [0.15, 0.2) is 5.03 Å². The lowest BCUT2D eigenvalue weighted by atomic mass is 10.1. The van der Waals surface area contributed by atoms with Gasteiger partial charge in [-0.2, -0.15) is 13.2 Å². The van der Waals surface area contributed by atoms with Crippen molar-refractivity contribution in [2.45, 2.75) is 6.18 Å². The second-order valence-corrected chi connectivity index (χ2v) is 4.09. The third kappa shape index (κ3) is 3.09. The molecule has 1 aromatic carbocycles. The Labute approximate surface area is 116 Å². The van der Waals surface area contributed by atoms with Crippen LogP contribution in [0.2, 0.25) is 0 Å². The highest BCUT2D eigenvalue weighted by Crippen LogP contribution is 2.32. The number of hydrogen-bond donors (Lipinski definition) is 1. The van der Waals surface area contributed by atoms with E-state index < -0.39 is 28.2 Å². The SMILES string of the molecule is O=C(c1ccccc1C(F)(F)F)N1CCN/C1=N/[N+](=O)[O-]. The minimum Gasteiger partial charge on any atom is -0.349 e. The van der Waals surface area contributed by atoms with Crippen LogP contribution in [0.25, 0.3) is 0 Å². The normalized spacial score (nSPS) is 16.9. The van der Waals surface area contributed by atoms with E-state index in [4.69, 9.17) is 0 Å². The molecule has 1 amide bonds. The third-order valence-corrected chi connectivity index (χ3v) is 2.76. The molecule has 1 heterocycles. The average molecular weight is 302 g/mol. The minimum atomic E-state index is -4.69. The van der Waals surface area contributed by atoms with Gasteiger partial charge >= 0.3 is 6.18 Å². The molecule has 10 heteroatoms. The number of halogens is 3. The first-order valence-electron chi connectivity index (χ1n) is 5.75. The fraction of sp³-hybridized carbons (Fsp3) is 0.273. The van der Waals surface area contributed by atoms with E-state index in [2.05, 4.69) is 10.4 Å². The maximum absolute atomic E-state index is 12.9. The molecule has 0 spiro atoms. The molecule has 1 fully saturated rings. The van der Waals surface area contributed by atoms with Crippen molar-refractivity contribution in [1.82, 2.24) is 10.2 Å². The summed E-state index contributed by atoms with van der Waals surface area (Å²) >= 11 is 0. The zero-order chi connectivity index (χ0) is 15.6. The topological polar surface area (TPSA) is 87.8 Å². The Morgan fingerprint density at radius 3 is 2.67 bits per heavy atom. The standard InChI is InChI=1S/C11H9F3N4O3/c12-11(13,14)8-4-2-1-3-7(8)9(19)17-6-5-15-10(17)16-18(20)21/h1-4H,5-6H2,(H,15,16). The molecule has 0 bridgehead atoms. The molecule has 0 atom stereocenters. The number of nitrogens with zero attached hydrogens (tertiary/aromatic N) is 3. The number of nitro groups is 1. The molecule has 0 unspecified atom stereocenters. The third-order valence-electron chi connectivity index (χ3n) is 2.76. The van der Waals surface area contributed by atoms with E-state index in [1.54, 1.807) is 0 Å². The Bertz CT molecular complexity index is 615. The number of alkyl halides is 3. The minimum absolute atomic E-state index is 0.00228. The van der Waals surface area contributed by atoms with Crippen LogP contribution in [-0.4, -0.2) is 34.9 Å². The number of carbonyl (C=O) groups is 1. The lowest BCUT2D eigenvalue weighted by molar-refractivity contribution is -0.485. The summed E-state index contributed by atoms with van der Waals surface area (Å²) in [6, 6.07) is 4.25. The number of nitrogens with one attached hydrogen (secondary N) is 1. The van der Waals surface area contributed by atoms with Crippen LogP contribution in [0.4, 0.5) is 13.2 Å². The summed E-state index contributed by atoms with van der Waals surface area (Å²) in [5.74, 6) is -1.37. The Balaban J connectivity index is 2.39. The smallest absolute Gasteiger partial charge is 0.349 e. The highest BCUT2D eigenvalue weighted by atomic mass is 19.4. The molecule has 7 nitrogen and oxygen atoms in total. The van der Waals surface area contributed by atoms with E-state index >= 15 is 0 Å². The summed E-state index contributed by atoms with van der Waals surface area (Å²) in [6.07, 6.45) is -4.69. The molecule has 0 saturated carbocycles. The highest BCUT2D eigenvalue weighted by molar-refractivity contribution is 6.07. The molecular formula is C11H9F3N4O3. The summed E-state index contributed by atoms with van der Waals surface area (Å²) in [5.41, 5.74) is -1.67. The lowest BCUT2D eigenvalue weighted by Crippen LogP contribution is -2.37. The van der Waals surface area contributed by atoms with Gasteiger partial charge in [0.05, 0.1) is 11.1 Å². The van der Waals surface area contributed by atoms with E-state index in [0.29, 0.717) is 0 Å². The molecule has 0 aliphatic carbocycles. The first-order valence-corrected chi connectivity index (χ1v) is 5.75. The summed E-state index contributed by atoms with van der Waals surface area (Å²) in [6.45, 7) is 0.171. The molecule has 112 valence electrons. The molecule has 1 saturated heterocycles. The van der Waals surface area contributed by atoms with Gasteiger partial charge in [0.1, 0.15) is 5.10 Å². The molecule has 2 rings (SSSR count). The number of amides is 1. The Hall–Kier alpha value is -2.65. The van der Waals surface area contributed by atoms with Crippen molar-refractivity contribution < 1.29 is 23.0 Å². The highest BCUT2D eigenvalue weighted by Gasteiger charge is 2.37. The second-order valence-electron chi connectivity index (χ2n) is 4.09. The predicted molar refractivity (Wildman–Crippen MR) is 64.9 cm³/mol. The van der Waals surface area contributed by atoms with E-state index in [9.17, 15) is 28.1 Å². The maximum Gasteiger partial charge on any atom is 0.417 e. The summed E-state index contributed by atoms with van der Waals surface area (Å²) in [5, 5.41) is 14.7. The molecule has 1 aromatic rings. The van der Waals surface area contributed by atoms with Crippen molar-refractivity contribution in [2.24, 2.45) is 5.10 Å². The van der Waals surface area contributed by atoms with Crippen LogP contribution in [0.5, 0.6) is 0 Å². The summed E-state index contributed by atoms with van der Waals surface area (Å²) in [4.78, 5) is 23.3. The number of guanidine groups is 1. The monoisotopic (exact) mass is 302 g/mol. The number of carbonyl (C=O) groups excluding carboxylic acids is 1. The van der Waals surface area contributed by atoms with Crippen molar-refractivity contribution in [3.63, 3.8) is 0 Å². The van der Waals surface area contributed by atoms with E-state index in [0.717, 1.165) is 23.1 Å². The quantitative estimate of drug-likeness (QED) is 0.659. The van der Waals surface area contributed by atoms with Crippen LogP contribution in [0, 0.1) is 10.1 Å². The Kier molecular flexibility index (Phi) is 3.78. The maximum atomic E-state index is 12.9. The van der Waals surface area contributed by atoms with Crippen LogP contribution < -0.4 is 5.32 Å². The van der Waals surface area contributed by atoms with Gasteiger partial charge < -0.3 is 5.32 Å². The van der Waals surface area contributed by atoms with Gasteiger partial charge in [-0.05, 0) is 12.1 Å². The van der Waals surface area contributed by atoms with Crippen LogP contribution in [0.3, 0.4) is 0 Å².